The highest BCUT2D eigenvalue weighted by atomic mass is 35.5. The van der Waals surface area contributed by atoms with Crippen LogP contribution in [0.2, 0.25) is 5.02 Å². The molecule has 0 bridgehead atoms. The van der Waals surface area contributed by atoms with Crippen LogP contribution in [0.1, 0.15) is 25.2 Å². The zero-order chi connectivity index (χ0) is 14.4. The highest BCUT2D eigenvalue weighted by molar-refractivity contribution is 6.31. The summed E-state index contributed by atoms with van der Waals surface area (Å²) in [6.45, 7) is 5.51. The molecular formula is C12H17ClN4O2. The van der Waals surface area contributed by atoms with Crippen molar-refractivity contribution < 1.29 is 9.59 Å². The highest BCUT2D eigenvalue weighted by Gasteiger charge is 2.39. The second kappa shape index (κ2) is 4.52. The third kappa shape index (κ3) is 2.45. The molecule has 7 heteroatoms. The predicted molar refractivity (Wildman–Crippen MR) is 70.6 cm³/mol. The molecule has 0 unspecified atom stereocenters. The zero-order valence-electron chi connectivity index (χ0n) is 11.5. The summed E-state index contributed by atoms with van der Waals surface area (Å²) in [5.41, 5.74) is 0.570. The molecule has 6 nitrogen and oxygen atoms in total. The molecule has 1 aromatic rings. The Morgan fingerprint density at radius 3 is 2.58 bits per heavy atom. The van der Waals surface area contributed by atoms with Gasteiger partial charge in [-0.25, -0.2) is 0 Å². The number of nitrogens with one attached hydrogen (secondary N) is 1. The van der Waals surface area contributed by atoms with E-state index >= 15 is 0 Å². The number of carbonyl (C=O) groups excluding carboxylic acids is 2. The maximum atomic E-state index is 12.3. The number of halogens is 1. The average molecular weight is 285 g/mol. The average Bonchev–Trinajstić information content (AvgIpc) is 2.51. The van der Waals surface area contributed by atoms with Crippen molar-refractivity contribution in [3.63, 3.8) is 0 Å². The van der Waals surface area contributed by atoms with Crippen molar-refractivity contribution in [1.82, 2.24) is 20.0 Å². The lowest BCUT2D eigenvalue weighted by Crippen LogP contribution is -2.63. The van der Waals surface area contributed by atoms with Gasteiger partial charge in [0.15, 0.2) is 0 Å². The lowest BCUT2D eigenvalue weighted by molar-refractivity contribution is -0.149. The Kier molecular flexibility index (Phi) is 3.30. The van der Waals surface area contributed by atoms with E-state index in [1.165, 1.54) is 4.90 Å². The van der Waals surface area contributed by atoms with Crippen LogP contribution in [0.15, 0.2) is 0 Å². The van der Waals surface area contributed by atoms with E-state index in [1.807, 2.05) is 0 Å². The molecule has 0 saturated carbocycles. The van der Waals surface area contributed by atoms with Crippen LogP contribution in [-0.2, 0) is 23.2 Å². The number of rotatable bonds is 2. The number of hydrogen-bond acceptors (Lipinski definition) is 3. The molecule has 0 aliphatic carbocycles. The van der Waals surface area contributed by atoms with Crippen molar-refractivity contribution in [2.24, 2.45) is 7.05 Å². The first kappa shape index (κ1) is 13.9. The van der Waals surface area contributed by atoms with E-state index in [9.17, 15) is 9.59 Å². The largest absolute Gasteiger partial charge is 0.341 e. The number of aryl methyl sites for hydroxylation is 2. The molecule has 0 atom stereocenters. The fourth-order valence-corrected chi connectivity index (χ4v) is 2.46. The molecule has 1 aromatic heterocycles. The third-order valence-corrected chi connectivity index (χ3v) is 3.70. The number of nitrogens with zero attached hydrogens (tertiary/aromatic N) is 3. The number of aromatic nitrogens is 2. The van der Waals surface area contributed by atoms with Crippen molar-refractivity contribution >= 4 is 23.4 Å². The lowest BCUT2D eigenvalue weighted by Gasteiger charge is -2.37. The molecule has 1 saturated heterocycles. The number of hydrogen-bond donors (Lipinski definition) is 1. The van der Waals surface area contributed by atoms with Crippen molar-refractivity contribution in [3.8, 4) is 0 Å². The van der Waals surface area contributed by atoms with Gasteiger partial charge < -0.3 is 10.2 Å². The first-order chi connectivity index (χ1) is 8.72. The standard InChI is InChI=1S/C12H17ClN4O2/c1-7-10(13)8(16(4)15-7)5-17-6-9(18)14-12(2,3)11(17)19/h5-6H2,1-4H3,(H,14,18). The molecule has 1 N–H and O–H groups in total. The van der Waals surface area contributed by atoms with Gasteiger partial charge in [-0.3, -0.25) is 14.3 Å². The first-order valence-electron chi connectivity index (χ1n) is 6.00. The van der Waals surface area contributed by atoms with Crippen LogP contribution in [0.5, 0.6) is 0 Å². The molecule has 0 radical (unpaired) electrons. The van der Waals surface area contributed by atoms with Gasteiger partial charge in [-0.1, -0.05) is 11.6 Å². The van der Waals surface area contributed by atoms with E-state index < -0.39 is 5.54 Å². The quantitative estimate of drug-likeness (QED) is 0.866. The minimum absolute atomic E-state index is 0.0445. The Morgan fingerprint density at radius 2 is 2.05 bits per heavy atom. The third-order valence-electron chi connectivity index (χ3n) is 3.21. The molecule has 1 aliphatic rings. The summed E-state index contributed by atoms with van der Waals surface area (Å²) in [5.74, 6) is -0.290. The van der Waals surface area contributed by atoms with Crippen molar-refractivity contribution in [3.05, 3.63) is 16.4 Å². The zero-order valence-corrected chi connectivity index (χ0v) is 12.2. The minimum atomic E-state index is -0.880. The van der Waals surface area contributed by atoms with E-state index in [0.717, 1.165) is 5.69 Å². The summed E-state index contributed by atoms with van der Waals surface area (Å²) < 4.78 is 1.64. The van der Waals surface area contributed by atoms with E-state index in [0.29, 0.717) is 10.7 Å². The van der Waals surface area contributed by atoms with Crippen molar-refractivity contribution in [1.29, 1.82) is 0 Å². The fraction of sp³-hybridized carbons (Fsp3) is 0.583. The Bertz CT molecular complexity index is 550. The molecule has 104 valence electrons. The van der Waals surface area contributed by atoms with E-state index in [-0.39, 0.29) is 24.9 Å². The minimum Gasteiger partial charge on any atom is -0.341 e. The molecule has 1 aliphatic heterocycles. The van der Waals surface area contributed by atoms with Gasteiger partial charge >= 0.3 is 0 Å². The second-order valence-corrected chi connectivity index (χ2v) is 5.68. The lowest BCUT2D eigenvalue weighted by atomic mass is 10.0. The second-order valence-electron chi connectivity index (χ2n) is 5.30. The van der Waals surface area contributed by atoms with E-state index in [1.54, 1.807) is 32.5 Å². The molecular weight excluding hydrogens is 268 g/mol. The van der Waals surface area contributed by atoms with Crippen LogP contribution >= 0.6 is 11.6 Å². The molecule has 2 heterocycles. The predicted octanol–water partition coefficient (Wildman–Crippen LogP) is 0.619. The molecule has 0 spiro atoms. The van der Waals surface area contributed by atoms with E-state index in [4.69, 9.17) is 11.6 Å². The summed E-state index contributed by atoms with van der Waals surface area (Å²) in [5, 5.41) is 7.41. The maximum Gasteiger partial charge on any atom is 0.248 e. The van der Waals surface area contributed by atoms with Crippen molar-refractivity contribution in [2.75, 3.05) is 6.54 Å². The highest BCUT2D eigenvalue weighted by Crippen LogP contribution is 2.23. The van der Waals surface area contributed by atoms with Gasteiger partial charge in [0.1, 0.15) is 12.1 Å². The SMILES string of the molecule is Cc1nn(C)c(CN2CC(=O)NC(C)(C)C2=O)c1Cl. The molecule has 1 fully saturated rings. The van der Waals surface area contributed by atoms with Gasteiger partial charge in [-0.2, -0.15) is 5.10 Å². The summed E-state index contributed by atoms with van der Waals surface area (Å²) in [6.07, 6.45) is 0. The van der Waals surface area contributed by atoms with Gasteiger partial charge in [0, 0.05) is 7.05 Å². The number of amides is 2. The maximum absolute atomic E-state index is 12.3. The van der Waals surface area contributed by atoms with Crippen LogP contribution in [0.4, 0.5) is 0 Å². The van der Waals surface area contributed by atoms with Gasteiger partial charge in [-0.15, -0.1) is 0 Å². The van der Waals surface area contributed by atoms with Crippen molar-refractivity contribution in [2.45, 2.75) is 32.9 Å². The van der Waals surface area contributed by atoms with E-state index in [2.05, 4.69) is 10.4 Å². The monoisotopic (exact) mass is 284 g/mol. The Morgan fingerprint density at radius 1 is 1.42 bits per heavy atom. The van der Waals surface area contributed by atoms with Gasteiger partial charge in [0.2, 0.25) is 11.8 Å². The van der Waals surface area contributed by atoms with Crippen LogP contribution < -0.4 is 5.32 Å². The molecule has 19 heavy (non-hydrogen) atoms. The first-order valence-corrected chi connectivity index (χ1v) is 6.38. The molecule has 2 rings (SSSR count). The van der Waals surface area contributed by atoms with Crippen LogP contribution in [0.3, 0.4) is 0 Å². The van der Waals surface area contributed by atoms with Crippen LogP contribution in [-0.4, -0.2) is 38.6 Å². The summed E-state index contributed by atoms with van der Waals surface area (Å²) in [7, 11) is 1.77. The van der Waals surface area contributed by atoms with Crippen LogP contribution in [0, 0.1) is 6.92 Å². The Balaban J connectivity index is 2.27. The number of carbonyl (C=O) groups is 2. The van der Waals surface area contributed by atoms with Gasteiger partial charge in [0.05, 0.1) is 23.0 Å². The van der Waals surface area contributed by atoms with Gasteiger partial charge in [-0.05, 0) is 20.8 Å². The smallest absolute Gasteiger partial charge is 0.248 e. The Hall–Kier alpha value is -1.56. The number of piperazine rings is 1. The summed E-state index contributed by atoms with van der Waals surface area (Å²) >= 11 is 6.17. The van der Waals surface area contributed by atoms with Crippen LogP contribution in [0.25, 0.3) is 0 Å². The van der Waals surface area contributed by atoms with Gasteiger partial charge in [0.25, 0.3) is 0 Å². The molecule has 2 amide bonds. The summed E-state index contributed by atoms with van der Waals surface area (Å²) in [6, 6.07) is 0. The normalized spacial score (nSPS) is 18.7. The molecule has 0 aromatic carbocycles. The Labute approximate surface area is 116 Å². The topological polar surface area (TPSA) is 67.2 Å². The fourth-order valence-electron chi connectivity index (χ4n) is 2.24. The summed E-state index contributed by atoms with van der Waals surface area (Å²) in [4.78, 5) is 25.4.